The van der Waals surface area contributed by atoms with Gasteiger partial charge in [0.15, 0.2) is 19.0 Å². The van der Waals surface area contributed by atoms with E-state index in [0.717, 1.165) is 50.8 Å². The van der Waals surface area contributed by atoms with Crippen molar-refractivity contribution >= 4 is 70.7 Å². The molecule has 2 saturated heterocycles. The van der Waals surface area contributed by atoms with Gasteiger partial charge in [0, 0.05) is 16.8 Å². The molecule has 9 nitrogen and oxygen atoms in total. The first-order valence-electron chi connectivity index (χ1n) is 16.2. The fourth-order valence-electron chi connectivity index (χ4n) is 7.68. The smallest absolute Gasteiger partial charge is 0.681 e. The number of hydrogen-bond donors (Lipinski definition) is 0. The van der Waals surface area contributed by atoms with Crippen LogP contribution in [0.3, 0.4) is 0 Å². The Morgan fingerprint density at radius 3 is 2.51 bits per heavy atom. The summed E-state index contributed by atoms with van der Waals surface area (Å²) in [6.45, 7) is 15.5. The van der Waals surface area contributed by atoms with Crippen LogP contribution in [0.4, 0.5) is 0 Å². The number of hydrogen-bond acceptors (Lipinski definition) is 4. The summed E-state index contributed by atoms with van der Waals surface area (Å²) in [5, 5.41) is 12.0. The molecule has 47 heavy (non-hydrogen) atoms. The number of fused-ring (bicyclic) bond motifs is 7. The van der Waals surface area contributed by atoms with Crippen LogP contribution in [0, 0.1) is 37.5 Å². The Morgan fingerprint density at radius 1 is 1.11 bits per heavy atom. The summed E-state index contributed by atoms with van der Waals surface area (Å²) in [5.74, 6) is -2.02. The number of carbonyl (C=O) groups excluding carboxylic acids is 3. The maximum Gasteiger partial charge on any atom is 2.00 e. The molecule has 0 saturated carbocycles. The predicted octanol–water partition coefficient (Wildman–Crippen LogP) is 4.36. The minimum absolute atomic E-state index is 0. The van der Waals surface area contributed by atoms with E-state index < -0.39 is 5.92 Å². The number of rotatable bonds is 6. The van der Waals surface area contributed by atoms with Gasteiger partial charge in [-0.25, -0.2) is 0 Å². The van der Waals surface area contributed by atoms with Gasteiger partial charge >= 0.3 is 35.0 Å². The van der Waals surface area contributed by atoms with Gasteiger partial charge in [-0.3, -0.25) is 9.59 Å². The monoisotopic (exact) mass is 643 g/mol. The molecule has 0 radical (unpaired) electrons. The van der Waals surface area contributed by atoms with Crippen LogP contribution in [-0.2, 0) is 18.7 Å². The molecule has 5 aliphatic rings. The summed E-state index contributed by atoms with van der Waals surface area (Å²) in [6.07, 6.45) is 9.46. The van der Waals surface area contributed by atoms with E-state index in [-0.39, 0.29) is 71.0 Å². The second-order valence-corrected chi connectivity index (χ2v) is 13.0. The number of nitrogens with zero attached hydrogens (tertiary/aromatic N) is 4. The molecular formula is C37H39MgN4O5-. The van der Waals surface area contributed by atoms with Crippen LogP contribution in [0.15, 0.2) is 29.2 Å². The van der Waals surface area contributed by atoms with E-state index in [2.05, 4.69) is 37.8 Å². The van der Waals surface area contributed by atoms with Crippen LogP contribution >= 0.6 is 0 Å². The van der Waals surface area contributed by atoms with Gasteiger partial charge in [0.25, 0.3) is 0 Å². The Labute approximate surface area is 291 Å². The van der Waals surface area contributed by atoms with Crippen molar-refractivity contribution in [2.45, 2.75) is 59.9 Å². The molecule has 240 valence electrons. The number of epoxide rings is 1. The van der Waals surface area contributed by atoms with Crippen molar-refractivity contribution in [2.75, 3.05) is 20.3 Å². The number of allylic oxidation sites excluding steroid dienone is 3. The van der Waals surface area contributed by atoms with Gasteiger partial charge in [-0.2, -0.15) is 11.4 Å². The van der Waals surface area contributed by atoms with E-state index in [0.29, 0.717) is 47.9 Å². The molecule has 7 rings (SSSR count). The van der Waals surface area contributed by atoms with Crippen LogP contribution in [0.25, 0.3) is 40.5 Å². The first-order chi connectivity index (χ1) is 22.1. The van der Waals surface area contributed by atoms with Gasteiger partial charge in [-0.05, 0) is 56.9 Å². The van der Waals surface area contributed by atoms with Gasteiger partial charge in [-0.15, -0.1) is 33.9 Å². The molecule has 2 unspecified atom stereocenters. The number of Topliss-reactive ketones (excluding diaryl/α,β-unsaturated/α-hetero) is 1. The van der Waals surface area contributed by atoms with Crippen LogP contribution in [0.5, 0.6) is 0 Å². The van der Waals surface area contributed by atoms with Gasteiger partial charge in [0.2, 0.25) is 5.92 Å². The zero-order valence-corrected chi connectivity index (χ0v) is 29.4. The van der Waals surface area contributed by atoms with Crippen LogP contribution in [0.2, 0.25) is 0 Å². The van der Waals surface area contributed by atoms with Crippen molar-refractivity contribution in [2.24, 2.45) is 23.7 Å². The molecule has 6 heterocycles. The summed E-state index contributed by atoms with van der Waals surface area (Å²) in [5.41, 5.74) is 8.54. The number of methoxy groups -OCH3 is 1. The number of ether oxygens (including phenoxy) is 1. The van der Waals surface area contributed by atoms with Crippen molar-refractivity contribution in [3.8, 4) is 0 Å². The molecule has 2 fully saturated rings. The summed E-state index contributed by atoms with van der Waals surface area (Å²) in [7, 11) is 1.38. The molecule has 1 aliphatic carbocycles. The third-order valence-corrected chi connectivity index (χ3v) is 10.5. The van der Waals surface area contributed by atoms with Crippen molar-refractivity contribution in [1.82, 2.24) is 9.97 Å². The maximum atomic E-state index is 14.3. The molecule has 0 aromatic carbocycles. The Hall–Kier alpha value is -3.76. The first kappa shape index (κ1) is 33.1. The largest absolute Gasteiger partial charge is 2.00 e. The second-order valence-electron chi connectivity index (χ2n) is 13.0. The number of ketones is 1. The average Bonchev–Trinajstić information content (AvgIpc) is 3.49. The molecule has 0 N–H and O–H groups in total. The molecule has 2 aromatic heterocycles. The van der Waals surface area contributed by atoms with Gasteiger partial charge in [0.1, 0.15) is 0 Å². The van der Waals surface area contributed by atoms with E-state index in [9.17, 15) is 14.4 Å². The average molecular weight is 644 g/mol. The third-order valence-electron chi connectivity index (χ3n) is 10.5. The van der Waals surface area contributed by atoms with E-state index in [1.807, 2.05) is 32.1 Å². The fraction of sp³-hybridized carbons (Fsp3) is 0.432. The Kier molecular flexibility index (Phi) is 8.72. The molecule has 2 aromatic rings. The minimum atomic E-state index is -1.03. The molecule has 0 amide bonds. The first-order valence-corrected chi connectivity index (χ1v) is 16.2. The summed E-state index contributed by atoms with van der Waals surface area (Å²) >= 11 is 0. The molecule has 10 heteroatoms. The number of aromatic nitrogens is 2. The maximum absolute atomic E-state index is 14.3. The van der Waals surface area contributed by atoms with Gasteiger partial charge in [0.05, 0.1) is 7.11 Å². The quantitative estimate of drug-likeness (QED) is 0.152. The Bertz CT molecular complexity index is 1940. The number of esters is 1. The molecule has 4 aliphatic heterocycles. The molecule has 5 atom stereocenters. The second kappa shape index (κ2) is 12.4. The summed E-state index contributed by atoms with van der Waals surface area (Å²) < 4.78 is 7.60. The normalized spacial score (nSPS) is 29.5. The zero-order valence-electron chi connectivity index (χ0n) is 28.0. The van der Waals surface area contributed by atoms with Crippen molar-refractivity contribution < 1.29 is 23.5 Å². The Morgan fingerprint density at radius 2 is 1.85 bits per heavy atom. The fourth-order valence-corrected chi connectivity index (χ4v) is 7.68. The van der Waals surface area contributed by atoms with Gasteiger partial charge < -0.3 is 29.7 Å². The zero-order chi connectivity index (χ0) is 32.6. The van der Waals surface area contributed by atoms with E-state index in [4.69, 9.17) is 25.3 Å². The standard InChI is InChI=1S/C37H40N4O5.Mg/c1-8-21-17(3)24-14-26-19(5)23(10-11-30(42)45-7)34(40-26)32-33(37(44)46-12-13-46)36(43)31-20(6)27(41-35(31)32)16-29-22(9-2)18(4)25(39-29)15-28(21)38-24;/h8,14-16,19,22-23,26,33H,1,9-13H2,2-7H3,(H-,40,41,43);/q-2;+2/p-1/b24-14-,28-15-,29-16-;/t19-,22?,23-,26?,33+;/m0./s1. The van der Waals surface area contributed by atoms with Crippen molar-refractivity contribution in [3.05, 3.63) is 84.2 Å². The van der Waals surface area contributed by atoms with Crippen LogP contribution in [-0.4, -0.2) is 67.1 Å². The van der Waals surface area contributed by atoms with Crippen LogP contribution in [0.1, 0.15) is 78.5 Å². The van der Waals surface area contributed by atoms with E-state index in [1.165, 1.54) is 7.11 Å². The van der Waals surface area contributed by atoms with Gasteiger partial charge in [-0.1, -0.05) is 67.0 Å². The number of carbonyl (C=O) groups is 3. The van der Waals surface area contributed by atoms with E-state index >= 15 is 0 Å². The summed E-state index contributed by atoms with van der Waals surface area (Å²) in [4.78, 5) is 50.5. The van der Waals surface area contributed by atoms with Crippen LogP contribution < -0.4 is 20.7 Å². The van der Waals surface area contributed by atoms with Crippen molar-refractivity contribution in [1.29, 1.82) is 0 Å². The summed E-state index contributed by atoms with van der Waals surface area (Å²) in [6, 6.07) is -0.301. The molecule has 8 bridgehead atoms. The minimum Gasteiger partial charge on any atom is -0.681 e. The van der Waals surface area contributed by atoms with Crippen molar-refractivity contribution in [3.63, 3.8) is 0 Å². The SMILES string of the molecule is C=Cc1c(C)/c2[n-]/c1=C\C1=C(C)C(CC)/C(=C/c3[n-]c4c(c3C)C(=O)[C@H](C(=O)[O+]3CC3)/C4=C3/[N-]C(\C=2)[C@@H](C)[C@@H]3CCC(=O)OC)[N-]1.[Mg+2]. The predicted molar refractivity (Wildman–Crippen MR) is 182 cm³/mol. The third kappa shape index (κ3) is 5.24. The van der Waals surface area contributed by atoms with E-state index in [1.54, 1.807) is 0 Å². The Balaban J connectivity index is 0.00000386. The topological polar surface area (TPSA) is 120 Å². The molecular weight excluding hydrogens is 605 g/mol. The molecule has 0 spiro atoms.